The molecule has 0 aromatic carbocycles. The van der Waals surface area contributed by atoms with Gasteiger partial charge in [0.25, 0.3) is 0 Å². The molecule has 0 fully saturated rings. The Balaban J connectivity index is 2.36. The smallest absolute Gasteiger partial charge is 0.227 e. The van der Waals surface area contributed by atoms with E-state index in [9.17, 15) is 4.79 Å². The van der Waals surface area contributed by atoms with Gasteiger partial charge in [-0.1, -0.05) is 6.92 Å². The maximum absolute atomic E-state index is 11.5. The third kappa shape index (κ3) is 4.35. The quantitative estimate of drug-likeness (QED) is 0.794. The topological polar surface area (TPSA) is 66.9 Å². The van der Waals surface area contributed by atoms with Crippen molar-refractivity contribution in [1.29, 1.82) is 0 Å². The van der Waals surface area contributed by atoms with Crippen LogP contribution in [0.5, 0.6) is 0 Å². The predicted octanol–water partition coefficient (Wildman–Crippen LogP) is 1.17. The van der Waals surface area contributed by atoms with Gasteiger partial charge in [-0.05, 0) is 20.4 Å². The van der Waals surface area contributed by atoms with Crippen LogP contribution in [0.15, 0.2) is 0 Å². The first-order chi connectivity index (χ1) is 7.11. The van der Waals surface area contributed by atoms with E-state index >= 15 is 0 Å². The second-order valence-corrected chi connectivity index (χ2v) is 4.11. The number of carbonyl (C=O) groups excluding carboxylic acids is 1. The van der Waals surface area contributed by atoms with Crippen LogP contribution in [-0.2, 0) is 4.79 Å². The lowest BCUT2D eigenvalue weighted by Gasteiger charge is -2.10. The summed E-state index contributed by atoms with van der Waals surface area (Å²) in [6, 6.07) is 0.184. The van der Waals surface area contributed by atoms with E-state index in [2.05, 4.69) is 20.0 Å². The van der Waals surface area contributed by atoms with E-state index in [-0.39, 0.29) is 11.9 Å². The summed E-state index contributed by atoms with van der Waals surface area (Å²) in [7, 11) is 0. The summed E-state index contributed by atoms with van der Waals surface area (Å²) in [4.78, 5) is 15.6. The van der Waals surface area contributed by atoms with E-state index in [1.165, 1.54) is 11.5 Å². The Bertz CT molecular complexity index is 326. The van der Waals surface area contributed by atoms with Crippen LogP contribution in [0, 0.1) is 6.92 Å². The predicted molar refractivity (Wildman–Crippen MR) is 61.0 cm³/mol. The van der Waals surface area contributed by atoms with E-state index in [1.807, 2.05) is 13.8 Å². The zero-order chi connectivity index (χ0) is 11.3. The largest absolute Gasteiger partial charge is 0.314 e. The molecule has 2 N–H and O–H groups in total. The number of aryl methyl sites for hydroxylation is 1. The van der Waals surface area contributed by atoms with Crippen molar-refractivity contribution in [3.8, 4) is 0 Å². The fraction of sp³-hybridized carbons (Fsp3) is 0.667. The summed E-state index contributed by atoms with van der Waals surface area (Å²) in [6.07, 6.45) is 0.451. The molecule has 0 saturated heterocycles. The number of carbonyl (C=O) groups is 1. The fourth-order valence-corrected chi connectivity index (χ4v) is 1.81. The highest BCUT2D eigenvalue weighted by Gasteiger charge is 2.09. The highest BCUT2D eigenvalue weighted by atomic mass is 32.1. The van der Waals surface area contributed by atoms with Crippen LogP contribution in [0.2, 0.25) is 0 Å². The third-order valence-corrected chi connectivity index (χ3v) is 2.54. The minimum absolute atomic E-state index is 0.0281. The summed E-state index contributed by atoms with van der Waals surface area (Å²) in [5.41, 5.74) is 0. The molecular formula is C9H16N4OS. The molecule has 84 valence electrons. The van der Waals surface area contributed by atoms with Crippen molar-refractivity contribution >= 4 is 22.6 Å². The molecule has 6 heteroatoms. The number of rotatable bonds is 5. The zero-order valence-corrected chi connectivity index (χ0v) is 10.0. The van der Waals surface area contributed by atoms with Gasteiger partial charge < -0.3 is 10.6 Å². The van der Waals surface area contributed by atoms with Gasteiger partial charge in [-0.2, -0.15) is 4.37 Å². The van der Waals surface area contributed by atoms with E-state index in [4.69, 9.17) is 0 Å². The Labute approximate surface area is 93.5 Å². The summed E-state index contributed by atoms with van der Waals surface area (Å²) in [5.74, 6) is 0.662. The van der Waals surface area contributed by atoms with E-state index in [0.29, 0.717) is 17.4 Å². The van der Waals surface area contributed by atoms with Gasteiger partial charge in [0.15, 0.2) is 0 Å². The Morgan fingerprint density at radius 2 is 2.33 bits per heavy atom. The lowest BCUT2D eigenvalue weighted by atomic mass is 10.2. The SMILES string of the molecule is CCNC(C)CC(=O)Nc1nc(C)ns1. The molecule has 1 aromatic rings. The van der Waals surface area contributed by atoms with E-state index in [0.717, 1.165) is 6.54 Å². The first-order valence-electron chi connectivity index (χ1n) is 4.95. The number of aromatic nitrogens is 2. The summed E-state index contributed by atoms with van der Waals surface area (Å²) in [6.45, 7) is 6.66. The van der Waals surface area contributed by atoms with Crippen LogP contribution in [-0.4, -0.2) is 27.9 Å². The molecule has 0 spiro atoms. The molecule has 0 aliphatic heterocycles. The van der Waals surface area contributed by atoms with Crippen molar-refractivity contribution in [2.24, 2.45) is 0 Å². The standard InChI is InChI=1S/C9H16N4OS/c1-4-10-6(2)5-8(14)12-9-11-7(3)13-15-9/h6,10H,4-5H2,1-3H3,(H,11,12,13,14). The monoisotopic (exact) mass is 228 g/mol. The molecule has 1 aromatic heterocycles. The molecule has 5 nitrogen and oxygen atoms in total. The van der Waals surface area contributed by atoms with Gasteiger partial charge in [-0.25, -0.2) is 4.98 Å². The van der Waals surface area contributed by atoms with Gasteiger partial charge >= 0.3 is 0 Å². The van der Waals surface area contributed by atoms with Crippen molar-refractivity contribution in [2.75, 3.05) is 11.9 Å². The average molecular weight is 228 g/mol. The van der Waals surface area contributed by atoms with Gasteiger partial charge in [0.05, 0.1) is 0 Å². The Kier molecular flexibility index (Phi) is 4.64. The van der Waals surface area contributed by atoms with Gasteiger partial charge in [0.1, 0.15) is 5.82 Å². The first-order valence-corrected chi connectivity index (χ1v) is 5.72. The molecule has 1 rings (SSSR count). The van der Waals surface area contributed by atoms with Crippen molar-refractivity contribution in [3.05, 3.63) is 5.82 Å². The van der Waals surface area contributed by atoms with Crippen LogP contribution < -0.4 is 10.6 Å². The number of amides is 1. The molecule has 0 radical (unpaired) electrons. The highest BCUT2D eigenvalue weighted by molar-refractivity contribution is 7.09. The van der Waals surface area contributed by atoms with Crippen molar-refractivity contribution < 1.29 is 4.79 Å². The Morgan fingerprint density at radius 3 is 2.87 bits per heavy atom. The number of anilines is 1. The Morgan fingerprint density at radius 1 is 1.60 bits per heavy atom. The highest BCUT2D eigenvalue weighted by Crippen LogP contribution is 2.10. The minimum Gasteiger partial charge on any atom is -0.314 e. The van der Waals surface area contributed by atoms with Crippen LogP contribution in [0.25, 0.3) is 0 Å². The summed E-state index contributed by atoms with van der Waals surface area (Å²) < 4.78 is 3.99. The number of hydrogen-bond acceptors (Lipinski definition) is 5. The molecule has 1 atom stereocenters. The summed E-state index contributed by atoms with van der Waals surface area (Å²) in [5, 5.41) is 6.46. The molecule has 1 amide bonds. The maximum atomic E-state index is 11.5. The second-order valence-electron chi connectivity index (χ2n) is 3.36. The molecule has 0 aliphatic carbocycles. The lowest BCUT2D eigenvalue weighted by molar-refractivity contribution is -0.116. The van der Waals surface area contributed by atoms with Crippen LogP contribution in [0.1, 0.15) is 26.1 Å². The first kappa shape index (κ1) is 12.1. The van der Waals surface area contributed by atoms with Crippen molar-refractivity contribution in [1.82, 2.24) is 14.7 Å². The third-order valence-electron chi connectivity index (χ3n) is 1.82. The zero-order valence-electron chi connectivity index (χ0n) is 9.20. The number of nitrogens with zero attached hydrogens (tertiary/aromatic N) is 2. The fourth-order valence-electron chi connectivity index (χ4n) is 1.22. The van der Waals surface area contributed by atoms with Gasteiger partial charge in [-0.3, -0.25) is 4.79 Å². The van der Waals surface area contributed by atoms with Gasteiger partial charge in [-0.15, -0.1) is 0 Å². The molecular weight excluding hydrogens is 212 g/mol. The normalized spacial score (nSPS) is 12.5. The molecule has 0 saturated carbocycles. The van der Waals surface area contributed by atoms with E-state index in [1.54, 1.807) is 6.92 Å². The number of hydrogen-bond donors (Lipinski definition) is 2. The molecule has 0 bridgehead atoms. The Hall–Kier alpha value is -1.01. The molecule has 15 heavy (non-hydrogen) atoms. The summed E-state index contributed by atoms with van der Waals surface area (Å²) >= 11 is 1.20. The van der Waals surface area contributed by atoms with Crippen LogP contribution >= 0.6 is 11.5 Å². The average Bonchev–Trinajstić information content (AvgIpc) is 2.51. The second kappa shape index (κ2) is 5.77. The molecule has 0 aliphatic rings. The maximum Gasteiger partial charge on any atom is 0.227 e. The lowest BCUT2D eigenvalue weighted by Crippen LogP contribution is -2.30. The van der Waals surface area contributed by atoms with Crippen LogP contribution in [0.3, 0.4) is 0 Å². The molecule has 1 heterocycles. The van der Waals surface area contributed by atoms with Crippen molar-refractivity contribution in [3.63, 3.8) is 0 Å². The van der Waals surface area contributed by atoms with Gasteiger partial charge in [0.2, 0.25) is 11.0 Å². The van der Waals surface area contributed by atoms with Crippen molar-refractivity contribution in [2.45, 2.75) is 33.2 Å². The van der Waals surface area contributed by atoms with Crippen LogP contribution in [0.4, 0.5) is 5.13 Å². The number of nitrogens with one attached hydrogen (secondary N) is 2. The minimum atomic E-state index is -0.0281. The molecule has 1 unspecified atom stereocenters. The van der Waals surface area contributed by atoms with E-state index < -0.39 is 0 Å². The van der Waals surface area contributed by atoms with Gasteiger partial charge in [0, 0.05) is 24.0 Å².